The maximum atomic E-state index is 12.3. The van der Waals surface area contributed by atoms with Gasteiger partial charge in [0.15, 0.2) is 0 Å². The van der Waals surface area contributed by atoms with E-state index in [0.29, 0.717) is 0 Å². The molecule has 1 atom stereocenters. The summed E-state index contributed by atoms with van der Waals surface area (Å²) < 4.78 is 36.9. The van der Waals surface area contributed by atoms with E-state index >= 15 is 0 Å². The fraction of sp³-hybridized carbons (Fsp3) is 0.455. The smallest absolute Gasteiger partial charge is 0.359 e. The number of pyridine rings is 1. The molecule has 1 aromatic rings. The molecule has 0 radical (unpaired) electrons. The number of alkyl halides is 3. The number of halogens is 3. The van der Waals surface area contributed by atoms with Crippen LogP contribution < -0.4 is 5.32 Å². The van der Waals surface area contributed by atoms with Crippen molar-refractivity contribution in [2.75, 3.05) is 19.4 Å². The van der Waals surface area contributed by atoms with E-state index in [2.05, 4.69) is 10.3 Å². The fourth-order valence-electron chi connectivity index (χ4n) is 1.32. The first kappa shape index (κ1) is 14.3. The van der Waals surface area contributed by atoms with Crippen LogP contribution in [0.15, 0.2) is 18.3 Å². The van der Waals surface area contributed by atoms with E-state index in [1.165, 1.54) is 11.0 Å². The van der Waals surface area contributed by atoms with Gasteiger partial charge in [0.1, 0.15) is 11.9 Å². The van der Waals surface area contributed by atoms with E-state index in [1.807, 2.05) is 0 Å². The van der Waals surface area contributed by atoms with Gasteiger partial charge in [-0.1, -0.05) is 0 Å². The second-order valence-corrected chi connectivity index (χ2v) is 4.03. The summed E-state index contributed by atoms with van der Waals surface area (Å²) in [7, 11) is 3.20. The first-order valence-electron chi connectivity index (χ1n) is 5.22. The summed E-state index contributed by atoms with van der Waals surface area (Å²) in [6.45, 7) is 1.61. The van der Waals surface area contributed by atoms with E-state index in [1.54, 1.807) is 21.0 Å². The van der Waals surface area contributed by atoms with E-state index in [-0.39, 0.29) is 11.7 Å². The lowest BCUT2D eigenvalue weighted by atomic mass is 10.2. The SMILES string of the molecule is C[C@H](Nc1ccc(C(F)(F)F)cn1)C(=O)N(C)C. The van der Waals surface area contributed by atoms with Gasteiger partial charge in [-0.25, -0.2) is 4.98 Å². The first-order chi connectivity index (χ1) is 8.21. The summed E-state index contributed by atoms with van der Waals surface area (Å²) in [5.41, 5.74) is -0.820. The molecule has 0 bridgehead atoms. The van der Waals surface area contributed by atoms with E-state index in [4.69, 9.17) is 0 Å². The topological polar surface area (TPSA) is 45.2 Å². The Kier molecular flexibility index (Phi) is 4.15. The van der Waals surface area contributed by atoms with Crippen LogP contribution in [0.25, 0.3) is 0 Å². The van der Waals surface area contributed by atoms with Crippen LogP contribution in [0.3, 0.4) is 0 Å². The number of hydrogen-bond acceptors (Lipinski definition) is 3. The molecule has 4 nitrogen and oxygen atoms in total. The molecule has 0 fully saturated rings. The van der Waals surface area contributed by atoms with Gasteiger partial charge in [0, 0.05) is 20.3 Å². The highest BCUT2D eigenvalue weighted by atomic mass is 19.4. The average Bonchev–Trinajstić information content (AvgIpc) is 2.27. The van der Waals surface area contributed by atoms with Crippen LogP contribution in [-0.2, 0) is 11.0 Å². The molecule has 18 heavy (non-hydrogen) atoms. The van der Waals surface area contributed by atoms with Gasteiger partial charge in [0.05, 0.1) is 5.56 Å². The van der Waals surface area contributed by atoms with Crippen LogP contribution in [0.2, 0.25) is 0 Å². The lowest BCUT2D eigenvalue weighted by Crippen LogP contribution is -2.36. The molecule has 0 aliphatic rings. The molecule has 1 rings (SSSR count). The third-order valence-corrected chi connectivity index (χ3v) is 2.27. The number of anilines is 1. The van der Waals surface area contributed by atoms with Gasteiger partial charge in [0.2, 0.25) is 5.91 Å². The Morgan fingerprint density at radius 3 is 2.39 bits per heavy atom. The molecule has 0 aromatic carbocycles. The fourth-order valence-corrected chi connectivity index (χ4v) is 1.32. The zero-order valence-corrected chi connectivity index (χ0v) is 10.2. The van der Waals surface area contributed by atoms with E-state index in [9.17, 15) is 18.0 Å². The van der Waals surface area contributed by atoms with Gasteiger partial charge in [-0.3, -0.25) is 4.79 Å². The number of amides is 1. The zero-order chi connectivity index (χ0) is 13.9. The Hall–Kier alpha value is -1.79. The van der Waals surface area contributed by atoms with E-state index < -0.39 is 17.8 Å². The summed E-state index contributed by atoms with van der Waals surface area (Å²) in [5, 5.41) is 2.73. The predicted molar refractivity (Wildman–Crippen MR) is 61.0 cm³/mol. The largest absolute Gasteiger partial charge is 0.417 e. The third-order valence-electron chi connectivity index (χ3n) is 2.27. The Bertz CT molecular complexity index is 415. The summed E-state index contributed by atoms with van der Waals surface area (Å²) in [5.74, 6) is 0.0439. The molecule has 1 heterocycles. The van der Waals surface area contributed by atoms with Crippen LogP contribution in [-0.4, -0.2) is 35.9 Å². The summed E-state index contributed by atoms with van der Waals surface area (Å²) in [4.78, 5) is 16.5. The number of hydrogen-bond donors (Lipinski definition) is 1. The Balaban J connectivity index is 2.73. The standard InChI is InChI=1S/C11H14F3N3O/c1-7(10(18)17(2)3)16-9-5-4-8(6-15-9)11(12,13)14/h4-7H,1-3H3,(H,15,16)/t7-/m0/s1. The van der Waals surface area contributed by atoms with Crippen LogP contribution in [0.1, 0.15) is 12.5 Å². The van der Waals surface area contributed by atoms with Crippen molar-refractivity contribution in [1.82, 2.24) is 9.88 Å². The van der Waals surface area contributed by atoms with Gasteiger partial charge in [-0.2, -0.15) is 13.2 Å². The quantitative estimate of drug-likeness (QED) is 0.905. The lowest BCUT2D eigenvalue weighted by molar-refractivity contribution is -0.137. The van der Waals surface area contributed by atoms with Crippen molar-refractivity contribution in [3.8, 4) is 0 Å². The summed E-state index contributed by atoms with van der Waals surface area (Å²) in [6.07, 6.45) is -3.67. The molecule has 100 valence electrons. The van der Waals surface area contributed by atoms with Gasteiger partial charge >= 0.3 is 6.18 Å². The van der Waals surface area contributed by atoms with Gasteiger partial charge in [-0.15, -0.1) is 0 Å². The van der Waals surface area contributed by atoms with Crippen LogP contribution >= 0.6 is 0 Å². The minimum atomic E-state index is -4.41. The number of carbonyl (C=O) groups excluding carboxylic acids is 1. The Morgan fingerprint density at radius 2 is 2.00 bits per heavy atom. The number of nitrogens with zero attached hydrogens (tertiary/aromatic N) is 2. The second kappa shape index (κ2) is 5.24. The maximum absolute atomic E-state index is 12.3. The van der Waals surface area contributed by atoms with Crippen molar-refractivity contribution in [3.05, 3.63) is 23.9 Å². The van der Waals surface area contributed by atoms with Crippen molar-refractivity contribution >= 4 is 11.7 Å². The normalized spacial score (nSPS) is 13.0. The van der Waals surface area contributed by atoms with Crippen molar-refractivity contribution in [1.29, 1.82) is 0 Å². The number of likely N-dealkylation sites (N-methyl/N-ethyl adjacent to an activating group) is 1. The second-order valence-electron chi connectivity index (χ2n) is 4.03. The number of nitrogens with one attached hydrogen (secondary N) is 1. The van der Waals surface area contributed by atoms with Crippen molar-refractivity contribution in [2.45, 2.75) is 19.1 Å². The summed E-state index contributed by atoms with van der Waals surface area (Å²) in [6, 6.07) is 1.56. The predicted octanol–water partition coefficient (Wildman–Crippen LogP) is 1.99. The number of carbonyl (C=O) groups is 1. The monoisotopic (exact) mass is 261 g/mol. The minimum Gasteiger partial charge on any atom is -0.359 e. The van der Waals surface area contributed by atoms with Gasteiger partial charge < -0.3 is 10.2 Å². The molecular weight excluding hydrogens is 247 g/mol. The lowest BCUT2D eigenvalue weighted by Gasteiger charge is -2.18. The molecule has 7 heteroatoms. The first-order valence-corrected chi connectivity index (χ1v) is 5.22. The molecule has 0 aliphatic carbocycles. The Morgan fingerprint density at radius 1 is 1.39 bits per heavy atom. The van der Waals surface area contributed by atoms with Gasteiger partial charge in [-0.05, 0) is 19.1 Å². The van der Waals surface area contributed by atoms with Crippen LogP contribution in [0.4, 0.5) is 19.0 Å². The van der Waals surface area contributed by atoms with Gasteiger partial charge in [0.25, 0.3) is 0 Å². The highest BCUT2D eigenvalue weighted by molar-refractivity contribution is 5.83. The molecule has 0 aliphatic heterocycles. The molecule has 0 saturated carbocycles. The van der Waals surface area contributed by atoms with Crippen molar-refractivity contribution in [2.24, 2.45) is 0 Å². The van der Waals surface area contributed by atoms with E-state index in [0.717, 1.165) is 12.3 Å². The molecule has 0 saturated heterocycles. The highest BCUT2D eigenvalue weighted by Crippen LogP contribution is 2.28. The van der Waals surface area contributed by atoms with Crippen molar-refractivity contribution < 1.29 is 18.0 Å². The molecule has 1 aromatic heterocycles. The maximum Gasteiger partial charge on any atom is 0.417 e. The zero-order valence-electron chi connectivity index (χ0n) is 10.2. The molecule has 0 spiro atoms. The molecule has 1 amide bonds. The van der Waals surface area contributed by atoms with Crippen LogP contribution in [0.5, 0.6) is 0 Å². The van der Waals surface area contributed by atoms with Crippen LogP contribution in [0, 0.1) is 0 Å². The minimum absolute atomic E-state index is 0.184. The van der Waals surface area contributed by atoms with Crippen molar-refractivity contribution in [3.63, 3.8) is 0 Å². The molecular formula is C11H14F3N3O. The number of aromatic nitrogens is 1. The molecule has 0 unspecified atom stereocenters. The summed E-state index contributed by atoms with van der Waals surface area (Å²) >= 11 is 0. The molecule has 1 N–H and O–H groups in total. The number of rotatable bonds is 3. The average molecular weight is 261 g/mol. The highest BCUT2D eigenvalue weighted by Gasteiger charge is 2.30. The Labute approximate surface area is 103 Å². The third kappa shape index (κ3) is 3.61.